The third-order valence-corrected chi connectivity index (χ3v) is 3.13. The lowest BCUT2D eigenvalue weighted by Gasteiger charge is -2.29. The van der Waals surface area contributed by atoms with Gasteiger partial charge in [-0.05, 0) is 31.9 Å². The second-order valence-corrected chi connectivity index (χ2v) is 5.32. The highest BCUT2D eigenvalue weighted by molar-refractivity contribution is 5.71. The summed E-state index contributed by atoms with van der Waals surface area (Å²) in [6.07, 6.45) is 0. The average molecular weight is 261 g/mol. The molecule has 0 radical (unpaired) electrons. The molecule has 0 amide bonds. The minimum Gasteiger partial charge on any atom is -0.481 e. The molecule has 0 bridgehead atoms. The second-order valence-electron chi connectivity index (χ2n) is 5.32. The fraction of sp³-hybridized carbons (Fsp3) is 0.438. The maximum absolute atomic E-state index is 11.1. The number of aliphatic carboxylic acids is 1. The van der Waals surface area contributed by atoms with Crippen LogP contribution >= 0.6 is 0 Å². The lowest BCUT2D eigenvalue weighted by molar-refractivity contribution is -0.140. The molecule has 0 saturated heterocycles. The minimum atomic E-state index is -0.766. The Morgan fingerprint density at radius 3 is 2.32 bits per heavy atom. The molecule has 1 aromatic rings. The van der Waals surface area contributed by atoms with E-state index >= 15 is 0 Å². The van der Waals surface area contributed by atoms with Crippen molar-refractivity contribution in [2.45, 2.75) is 27.7 Å². The predicted molar refractivity (Wildman–Crippen MR) is 79.7 cm³/mol. The molecule has 0 heterocycles. The van der Waals surface area contributed by atoms with Crippen molar-refractivity contribution in [1.82, 2.24) is 0 Å². The van der Waals surface area contributed by atoms with E-state index in [-0.39, 0.29) is 0 Å². The lowest BCUT2D eigenvalue weighted by Crippen LogP contribution is -2.34. The number of rotatable bonds is 6. The summed E-state index contributed by atoms with van der Waals surface area (Å²) >= 11 is 0. The standard InChI is InChI=1S/C16H23NO2/c1-11(2)9-17(10-14(5)16(18)19)15-12(3)7-6-8-13(15)4/h6-8,14H,1,9-10H2,2-5H3,(H,18,19). The molecule has 0 saturated carbocycles. The molecule has 0 aliphatic rings. The van der Waals surface area contributed by atoms with Crippen molar-refractivity contribution < 1.29 is 9.90 Å². The molecule has 0 aromatic heterocycles. The van der Waals surface area contributed by atoms with Gasteiger partial charge < -0.3 is 10.0 Å². The Kier molecular flexibility index (Phi) is 5.16. The van der Waals surface area contributed by atoms with Crippen molar-refractivity contribution in [3.8, 4) is 0 Å². The van der Waals surface area contributed by atoms with Gasteiger partial charge in [0.1, 0.15) is 0 Å². The van der Waals surface area contributed by atoms with E-state index in [2.05, 4.69) is 37.5 Å². The summed E-state index contributed by atoms with van der Waals surface area (Å²) in [5.74, 6) is -1.17. The molecule has 0 spiro atoms. The quantitative estimate of drug-likeness (QED) is 0.798. The molecule has 3 nitrogen and oxygen atoms in total. The first-order valence-corrected chi connectivity index (χ1v) is 6.51. The molecule has 0 aliphatic carbocycles. The van der Waals surface area contributed by atoms with Gasteiger partial charge in [0, 0.05) is 18.8 Å². The maximum atomic E-state index is 11.1. The summed E-state index contributed by atoms with van der Waals surface area (Å²) in [5.41, 5.74) is 4.48. The fourth-order valence-electron chi connectivity index (χ4n) is 2.27. The number of hydrogen-bond acceptors (Lipinski definition) is 2. The third kappa shape index (κ3) is 4.12. The Hall–Kier alpha value is -1.77. The van der Waals surface area contributed by atoms with E-state index in [1.807, 2.05) is 13.0 Å². The van der Waals surface area contributed by atoms with Crippen molar-refractivity contribution in [3.63, 3.8) is 0 Å². The SMILES string of the molecule is C=C(C)CN(CC(C)C(=O)O)c1c(C)cccc1C. The number of para-hydroxylation sites is 1. The largest absolute Gasteiger partial charge is 0.481 e. The van der Waals surface area contributed by atoms with Gasteiger partial charge in [0.25, 0.3) is 0 Å². The summed E-state index contributed by atoms with van der Waals surface area (Å²) in [7, 11) is 0. The van der Waals surface area contributed by atoms with E-state index in [0.717, 1.165) is 11.3 Å². The highest BCUT2D eigenvalue weighted by atomic mass is 16.4. The van der Waals surface area contributed by atoms with Crippen LogP contribution in [0.15, 0.2) is 30.4 Å². The third-order valence-electron chi connectivity index (χ3n) is 3.13. The van der Waals surface area contributed by atoms with E-state index < -0.39 is 11.9 Å². The summed E-state index contributed by atoms with van der Waals surface area (Å²) in [6.45, 7) is 12.9. The van der Waals surface area contributed by atoms with Crippen molar-refractivity contribution in [2.75, 3.05) is 18.0 Å². The number of aryl methyl sites for hydroxylation is 2. The van der Waals surface area contributed by atoms with Gasteiger partial charge in [-0.25, -0.2) is 0 Å². The van der Waals surface area contributed by atoms with Crippen LogP contribution in [0.25, 0.3) is 0 Å². The van der Waals surface area contributed by atoms with Crippen LogP contribution in [0.3, 0.4) is 0 Å². The van der Waals surface area contributed by atoms with Crippen LogP contribution in [0.5, 0.6) is 0 Å². The molecular formula is C16H23NO2. The molecule has 1 unspecified atom stereocenters. The summed E-state index contributed by atoms with van der Waals surface area (Å²) in [5, 5.41) is 9.10. The Labute approximate surface area is 115 Å². The highest BCUT2D eigenvalue weighted by Crippen LogP contribution is 2.26. The smallest absolute Gasteiger partial charge is 0.308 e. The van der Waals surface area contributed by atoms with Crippen LogP contribution < -0.4 is 4.90 Å². The van der Waals surface area contributed by atoms with E-state index in [4.69, 9.17) is 5.11 Å². The number of benzene rings is 1. The number of nitrogens with zero attached hydrogens (tertiary/aromatic N) is 1. The summed E-state index contributed by atoms with van der Waals surface area (Å²) in [4.78, 5) is 13.2. The normalized spacial score (nSPS) is 12.0. The number of carboxylic acid groups (broad SMARTS) is 1. The van der Waals surface area contributed by atoms with Gasteiger partial charge >= 0.3 is 5.97 Å². The Bertz CT molecular complexity index is 459. The molecule has 0 fully saturated rings. The van der Waals surface area contributed by atoms with Gasteiger partial charge in [-0.3, -0.25) is 4.79 Å². The second kappa shape index (κ2) is 6.41. The van der Waals surface area contributed by atoms with Crippen LogP contribution in [-0.2, 0) is 4.79 Å². The zero-order valence-corrected chi connectivity index (χ0v) is 12.2. The molecule has 104 valence electrons. The Balaban J connectivity index is 3.09. The van der Waals surface area contributed by atoms with Crippen molar-refractivity contribution >= 4 is 11.7 Å². The minimum absolute atomic E-state index is 0.404. The lowest BCUT2D eigenvalue weighted by atomic mass is 10.0. The van der Waals surface area contributed by atoms with Gasteiger partial charge in [-0.1, -0.05) is 37.3 Å². The first-order valence-electron chi connectivity index (χ1n) is 6.51. The van der Waals surface area contributed by atoms with Crippen LogP contribution in [-0.4, -0.2) is 24.2 Å². The van der Waals surface area contributed by atoms with E-state index in [9.17, 15) is 4.79 Å². The van der Waals surface area contributed by atoms with E-state index in [1.54, 1.807) is 6.92 Å². The van der Waals surface area contributed by atoms with Crippen LogP contribution in [0.1, 0.15) is 25.0 Å². The van der Waals surface area contributed by atoms with Crippen molar-refractivity contribution in [1.29, 1.82) is 0 Å². The Morgan fingerprint density at radius 2 is 1.89 bits per heavy atom. The zero-order chi connectivity index (χ0) is 14.6. The number of carboxylic acids is 1. The first-order chi connectivity index (χ1) is 8.82. The first kappa shape index (κ1) is 15.3. The van der Waals surface area contributed by atoms with Crippen molar-refractivity contribution in [3.05, 3.63) is 41.5 Å². The molecule has 1 aromatic carbocycles. The molecule has 1 rings (SSSR count). The maximum Gasteiger partial charge on any atom is 0.308 e. The average Bonchev–Trinajstić information content (AvgIpc) is 2.27. The molecule has 1 atom stereocenters. The fourth-order valence-corrected chi connectivity index (χ4v) is 2.27. The van der Waals surface area contributed by atoms with Crippen LogP contribution in [0.2, 0.25) is 0 Å². The van der Waals surface area contributed by atoms with Crippen molar-refractivity contribution in [2.24, 2.45) is 5.92 Å². The zero-order valence-electron chi connectivity index (χ0n) is 12.2. The molecule has 1 N–H and O–H groups in total. The van der Waals surface area contributed by atoms with Crippen LogP contribution in [0, 0.1) is 19.8 Å². The predicted octanol–water partition coefficient (Wildman–Crippen LogP) is 3.41. The summed E-state index contributed by atoms with van der Waals surface area (Å²) in [6, 6.07) is 6.13. The Morgan fingerprint density at radius 1 is 1.37 bits per heavy atom. The van der Waals surface area contributed by atoms with Gasteiger partial charge in [-0.2, -0.15) is 0 Å². The van der Waals surface area contributed by atoms with E-state index in [1.165, 1.54) is 11.1 Å². The highest BCUT2D eigenvalue weighted by Gasteiger charge is 2.19. The topological polar surface area (TPSA) is 40.5 Å². The molecule has 3 heteroatoms. The molecule has 19 heavy (non-hydrogen) atoms. The van der Waals surface area contributed by atoms with E-state index in [0.29, 0.717) is 13.1 Å². The van der Waals surface area contributed by atoms with Crippen LogP contribution in [0.4, 0.5) is 5.69 Å². The number of carbonyl (C=O) groups is 1. The van der Waals surface area contributed by atoms with Gasteiger partial charge in [0.15, 0.2) is 0 Å². The number of anilines is 1. The summed E-state index contributed by atoms with van der Waals surface area (Å²) < 4.78 is 0. The van der Waals surface area contributed by atoms with Gasteiger partial charge in [0.05, 0.1) is 5.92 Å². The van der Waals surface area contributed by atoms with Gasteiger partial charge in [-0.15, -0.1) is 0 Å². The monoisotopic (exact) mass is 261 g/mol. The number of hydrogen-bond donors (Lipinski definition) is 1. The molecule has 0 aliphatic heterocycles. The van der Waals surface area contributed by atoms with Gasteiger partial charge in [0.2, 0.25) is 0 Å². The molecular weight excluding hydrogens is 238 g/mol.